The van der Waals surface area contributed by atoms with Gasteiger partial charge in [0.15, 0.2) is 0 Å². The summed E-state index contributed by atoms with van der Waals surface area (Å²) in [5.74, 6) is 2.18. The minimum atomic E-state index is -0.0227. The third kappa shape index (κ3) is 2.77. The molecule has 0 aromatic heterocycles. The number of ether oxygens (including phenoxy) is 1. The largest absolute Gasteiger partial charge is 0.483 e. The van der Waals surface area contributed by atoms with Crippen LogP contribution in [0.2, 0.25) is 0 Å². The summed E-state index contributed by atoms with van der Waals surface area (Å²) in [6, 6.07) is 6.49. The molecule has 0 bridgehead atoms. The molecule has 0 saturated carbocycles. The lowest BCUT2D eigenvalue weighted by Gasteiger charge is -2.38. The molecule has 0 saturated heterocycles. The number of nitrogens with one attached hydrogen (secondary N) is 1. The van der Waals surface area contributed by atoms with Crippen molar-refractivity contribution in [2.24, 2.45) is 0 Å². The fourth-order valence-corrected chi connectivity index (χ4v) is 3.02. The van der Waals surface area contributed by atoms with Gasteiger partial charge in [0.25, 0.3) is 0 Å². The van der Waals surface area contributed by atoms with Gasteiger partial charge in [0.2, 0.25) is 0 Å². The first kappa shape index (κ1) is 13.6. The molecule has 100 valence electrons. The Morgan fingerprint density at radius 3 is 2.72 bits per heavy atom. The Bertz CT molecular complexity index is 401. The van der Waals surface area contributed by atoms with Crippen LogP contribution in [0.3, 0.4) is 0 Å². The molecule has 1 aliphatic rings. The van der Waals surface area contributed by atoms with Crippen LogP contribution < -0.4 is 10.1 Å². The number of thioether (sulfide) groups is 1. The maximum absolute atomic E-state index is 6.21. The third-order valence-corrected chi connectivity index (χ3v) is 4.84. The van der Waals surface area contributed by atoms with E-state index in [4.69, 9.17) is 4.74 Å². The molecule has 18 heavy (non-hydrogen) atoms. The zero-order valence-electron chi connectivity index (χ0n) is 11.6. The second-order valence-corrected chi connectivity index (χ2v) is 6.02. The molecule has 0 fully saturated rings. The molecule has 1 aromatic rings. The number of anilines is 1. The molecule has 1 N–H and O–H groups in total. The Balaban J connectivity index is 2.15. The molecule has 0 atom stereocenters. The fraction of sp³-hybridized carbons (Fsp3) is 0.600. The first-order valence-electron chi connectivity index (χ1n) is 6.92. The van der Waals surface area contributed by atoms with E-state index < -0.39 is 0 Å². The van der Waals surface area contributed by atoms with Crippen LogP contribution in [0, 0.1) is 0 Å². The van der Waals surface area contributed by atoms with Crippen LogP contribution >= 0.6 is 11.8 Å². The summed E-state index contributed by atoms with van der Waals surface area (Å²) in [5, 5.41) is 3.53. The lowest BCUT2D eigenvalue weighted by atomic mass is 9.95. The van der Waals surface area contributed by atoms with Gasteiger partial charge in [-0.15, -0.1) is 11.8 Å². The molecule has 0 spiro atoms. The van der Waals surface area contributed by atoms with Crippen molar-refractivity contribution in [3.8, 4) is 5.75 Å². The van der Waals surface area contributed by atoms with Gasteiger partial charge in [0, 0.05) is 4.90 Å². The van der Waals surface area contributed by atoms with E-state index in [1.54, 1.807) is 0 Å². The zero-order chi connectivity index (χ0) is 13.0. The summed E-state index contributed by atoms with van der Waals surface area (Å²) in [7, 11) is 0. The Hall–Kier alpha value is -0.830. The molecule has 0 amide bonds. The van der Waals surface area contributed by atoms with Crippen molar-refractivity contribution in [3.63, 3.8) is 0 Å². The Kier molecular flexibility index (Phi) is 4.44. The standard InChI is InChI=1S/C15H23NOS/c1-4-9-18-12-7-8-14-13(10-12)16-11-15(5-2,6-3)17-14/h7-8,10,16H,4-6,9,11H2,1-3H3. The minimum absolute atomic E-state index is 0.0227. The average molecular weight is 265 g/mol. The van der Waals surface area contributed by atoms with Gasteiger partial charge >= 0.3 is 0 Å². The average Bonchev–Trinajstić information content (AvgIpc) is 2.44. The molecular formula is C15H23NOS. The Morgan fingerprint density at radius 2 is 2.06 bits per heavy atom. The second kappa shape index (κ2) is 5.87. The van der Waals surface area contributed by atoms with Gasteiger partial charge < -0.3 is 10.1 Å². The molecule has 1 aromatic carbocycles. The third-order valence-electron chi connectivity index (χ3n) is 3.64. The molecule has 2 nitrogen and oxygen atoms in total. The van der Waals surface area contributed by atoms with E-state index >= 15 is 0 Å². The summed E-state index contributed by atoms with van der Waals surface area (Å²) in [6.45, 7) is 7.52. The fourth-order valence-electron chi connectivity index (χ4n) is 2.22. The van der Waals surface area contributed by atoms with Gasteiger partial charge in [-0.2, -0.15) is 0 Å². The van der Waals surface area contributed by atoms with Crippen LogP contribution in [-0.2, 0) is 0 Å². The van der Waals surface area contributed by atoms with E-state index in [0.717, 1.165) is 30.8 Å². The SMILES string of the molecule is CCCSc1ccc2c(c1)NCC(CC)(CC)O2. The van der Waals surface area contributed by atoms with Crippen LogP contribution in [0.4, 0.5) is 5.69 Å². The van der Waals surface area contributed by atoms with Crippen molar-refractivity contribution in [1.82, 2.24) is 0 Å². The van der Waals surface area contributed by atoms with E-state index in [1.807, 2.05) is 11.8 Å². The van der Waals surface area contributed by atoms with E-state index in [2.05, 4.69) is 44.3 Å². The normalized spacial score (nSPS) is 16.6. The maximum Gasteiger partial charge on any atom is 0.143 e. The van der Waals surface area contributed by atoms with Crippen molar-refractivity contribution >= 4 is 17.4 Å². The van der Waals surface area contributed by atoms with Crippen LogP contribution in [0.1, 0.15) is 40.0 Å². The predicted octanol–water partition coefficient (Wildman–Crippen LogP) is 4.55. The number of hydrogen-bond acceptors (Lipinski definition) is 3. The monoisotopic (exact) mass is 265 g/mol. The van der Waals surface area contributed by atoms with E-state index in [0.29, 0.717) is 0 Å². The molecule has 2 rings (SSSR count). The number of hydrogen-bond donors (Lipinski definition) is 1. The second-order valence-electron chi connectivity index (χ2n) is 4.85. The van der Waals surface area contributed by atoms with Crippen molar-refractivity contribution in [1.29, 1.82) is 0 Å². The summed E-state index contributed by atoms with van der Waals surface area (Å²) in [4.78, 5) is 1.33. The lowest BCUT2D eigenvalue weighted by Crippen LogP contribution is -2.44. The van der Waals surface area contributed by atoms with Crippen LogP contribution in [0.25, 0.3) is 0 Å². The highest BCUT2D eigenvalue weighted by molar-refractivity contribution is 7.99. The number of fused-ring (bicyclic) bond motifs is 1. The topological polar surface area (TPSA) is 21.3 Å². The van der Waals surface area contributed by atoms with Crippen molar-refractivity contribution < 1.29 is 4.74 Å². The van der Waals surface area contributed by atoms with Crippen molar-refractivity contribution in [3.05, 3.63) is 18.2 Å². The van der Waals surface area contributed by atoms with Gasteiger partial charge in [-0.05, 0) is 43.2 Å². The quantitative estimate of drug-likeness (QED) is 0.789. The van der Waals surface area contributed by atoms with Crippen molar-refractivity contribution in [2.45, 2.75) is 50.5 Å². The van der Waals surface area contributed by atoms with E-state index in [-0.39, 0.29) is 5.60 Å². The van der Waals surface area contributed by atoms with Gasteiger partial charge in [0.05, 0.1) is 12.2 Å². The maximum atomic E-state index is 6.21. The number of rotatable bonds is 5. The highest BCUT2D eigenvalue weighted by Gasteiger charge is 2.32. The smallest absolute Gasteiger partial charge is 0.143 e. The van der Waals surface area contributed by atoms with Crippen LogP contribution in [0.15, 0.2) is 23.1 Å². The first-order valence-corrected chi connectivity index (χ1v) is 7.91. The minimum Gasteiger partial charge on any atom is -0.483 e. The summed E-state index contributed by atoms with van der Waals surface area (Å²) < 4.78 is 6.21. The lowest BCUT2D eigenvalue weighted by molar-refractivity contribution is 0.0670. The summed E-state index contributed by atoms with van der Waals surface area (Å²) in [5.41, 5.74) is 1.12. The predicted molar refractivity (Wildman–Crippen MR) is 79.9 cm³/mol. The summed E-state index contributed by atoms with van der Waals surface area (Å²) >= 11 is 1.91. The number of benzene rings is 1. The Labute approximate surface area is 114 Å². The van der Waals surface area contributed by atoms with Crippen LogP contribution in [0.5, 0.6) is 5.75 Å². The molecule has 0 radical (unpaired) electrons. The molecular weight excluding hydrogens is 242 g/mol. The van der Waals surface area contributed by atoms with Gasteiger partial charge in [-0.25, -0.2) is 0 Å². The first-order chi connectivity index (χ1) is 8.73. The molecule has 3 heteroatoms. The molecule has 0 unspecified atom stereocenters. The zero-order valence-corrected chi connectivity index (χ0v) is 12.4. The van der Waals surface area contributed by atoms with Gasteiger partial charge in [0.1, 0.15) is 11.4 Å². The van der Waals surface area contributed by atoms with Gasteiger partial charge in [-0.1, -0.05) is 20.8 Å². The van der Waals surface area contributed by atoms with Crippen molar-refractivity contribution in [2.75, 3.05) is 17.6 Å². The molecule has 0 aliphatic carbocycles. The highest BCUT2D eigenvalue weighted by atomic mass is 32.2. The molecule has 1 aliphatic heterocycles. The summed E-state index contributed by atoms with van der Waals surface area (Å²) in [6.07, 6.45) is 3.30. The molecule has 1 heterocycles. The van der Waals surface area contributed by atoms with Gasteiger partial charge in [-0.3, -0.25) is 0 Å². The Morgan fingerprint density at radius 1 is 1.28 bits per heavy atom. The van der Waals surface area contributed by atoms with Crippen LogP contribution in [-0.4, -0.2) is 17.9 Å². The highest BCUT2D eigenvalue weighted by Crippen LogP contribution is 2.38. The van der Waals surface area contributed by atoms with E-state index in [9.17, 15) is 0 Å². The van der Waals surface area contributed by atoms with E-state index in [1.165, 1.54) is 17.1 Å².